The van der Waals surface area contributed by atoms with E-state index < -0.39 is 11.9 Å². The number of aryl methyl sites for hydroxylation is 1. The second-order valence-corrected chi connectivity index (χ2v) is 8.33. The predicted octanol–water partition coefficient (Wildman–Crippen LogP) is 4.01. The summed E-state index contributed by atoms with van der Waals surface area (Å²) in [4.78, 5) is 53.2. The molecule has 0 aliphatic carbocycles. The van der Waals surface area contributed by atoms with Crippen LogP contribution in [-0.2, 0) is 16.0 Å². The lowest BCUT2D eigenvalue weighted by Gasteiger charge is -2.17. The first kappa shape index (κ1) is 21.6. The smallest absolute Gasteiger partial charge is 0.316 e. The van der Waals surface area contributed by atoms with E-state index in [0.717, 1.165) is 17.0 Å². The first-order chi connectivity index (χ1) is 16.5. The Bertz CT molecular complexity index is 1260. The number of imide groups is 1. The molecule has 3 aromatic carbocycles. The Hall–Kier alpha value is -4.26. The number of carbonyl (C=O) groups excluding carboxylic acids is 4. The molecule has 0 bridgehead atoms. The summed E-state index contributed by atoms with van der Waals surface area (Å²) >= 11 is 0. The van der Waals surface area contributed by atoms with Crippen molar-refractivity contribution >= 4 is 35.1 Å². The van der Waals surface area contributed by atoms with Crippen molar-refractivity contribution in [3.05, 3.63) is 89.5 Å². The molecule has 3 aromatic rings. The maximum Gasteiger partial charge on any atom is 0.316 e. The molecular formula is C27H22N2O5. The number of fused-ring (bicyclic) bond motifs is 1. The van der Waals surface area contributed by atoms with Crippen LogP contribution in [0.3, 0.4) is 0 Å². The lowest BCUT2D eigenvalue weighted by atomic mass is 10.1. The van der Waals surface area contributed by atoms with Gasteiger partial charge in [-0.25, -0.2) is 4.90 Å². The number of rotatable bonds is 5. The topological polar surface area (TPSA) is 84.0 Å². The van der Waals surface area contributed by atoms with Gasteiger partial charge in [-0.3, -0.25) is 19.2 Å². The lowest BCUT2D eigenvalue weighted by Crippen LogP contribution is -2.29. The summed E-state index contributed by atoms with van der Waals surface area (Å²) in [5.41, 5.74) is 3.06. The molecule has 0 spiro atoms. The number of carbonyl (C=O) groups is 4. The summed E-state index contributed by atoms with van der Waals surface area (Å²) in [6.45, 7) is 2.32. The molecule has 7 heteroatoms. The molecule has 0 unspecified atom stereocenters. The van der Waals surface area contributed by atoms with Crippen LogP contribution in [0.25, 0.3) is 0 Å². The fourth-order valence-electron chi connectivity index (χ4n) is 4.31. The molecule has 5 rings (SSSR count). The number of anilines is 2. The van der Waals surface area contributed by atoms with E-state index in [0.29, 0.717) is 16.8 Å². The molecule has 7 nitrogen and oxygen atoms in total. The van der Waals surface area contributed by atoms with Gasteiger partial charge in [-0.15, -0.1) is 0 Å². The zero-order valence-corrected chi connectivity index (χ0v) is 18.6. The van der Waals surface area contributed by atoms with Crippen LogP contribution in [0.1, 0.15) is 39.6 Å². The molecular weight excluding hydrogens is 432 g/mol. The first-order valence-corrected chi connectivity index (χ1v) is 11.1. The van der Waals surface area contributed by atoms with E-state index in [-0.39, 0.29) is 36.4 Å². The normalized spacial score (nSPS) is 17.3. The molecule has 34 heavy (non-hydrogen) atoms. The van der Waals surface area contributed by atoms with Crippen molar-refractivity contribution < 1.29 is 23.9 Å². The van der Waals surface area contributed by atoms with Crippen LogP contribution in [0.15, 0.2) is 72.8 Å². The molecule has 1 fully saturated rings. The Morgan fingerprint density at radius 3 is 2.03 bits per heavy atom. The fraction of sp³-hybridized carbons (Fsp3) is 0.185. The van der Waals surface area contributed by atoms with Crippen LogP contribution >= 0.6 is 0 Å². The van der Waals surface area contributed by atoms with Gasteiger partial charge in [0.25, 0.3) is 11.8 Å². The number of hydrogen-bond acceptors (Lipinski definition) is 5. The van der Waals surface area contributed by atoms with E-state index in [1.807, 2.05) is 24.3 Å². The van der Waals surface area contributed by atoms with Crippen LogP contribution < -0.4 is 14.5 Å². The Labute approximate surface area is 196 Å². The summed E-state index contributed by atoms with van der Waals surface area (Å²) in [7, 11) is 0. The van der Waals surface area contributed by atoms with E-state index in [1.54, 1.807) is 41.3 Å². The SMILES string of the molecule is CCc1ccc(N2C[C@H](C(=O)Oc3ccc(N4C(=O)c5ccccc5C4=O)cc3)CC2=O)cc1. The number of ether oxygens (including phenoxy) is 1. The van der Waals surface area contributed by atoms with Gasteiger partial charge in [0.1, 0.15) is 5.75 Å². The average Bonchev–Trinajstić information content (AvgIpc) is 3.37. The van der Waals surface area contributed by atoms with E-state index in [9.17, 15) is 19.2 Å². The van der Waals surface area contributed by atoms with Gasteiger partial charge >= 0.3 is 5.97 Å². The van der Waals surface area contributed by atoms with Gasteiger partial charge < -0.3 is 9.64 Å². The quantitative estimate of drug-likeness (QED) is 0.330. The molecule has 0 N–H and O–H groups in total. The van der Waals surface area contributed by atoms with Gasteiger partial charge in [-0.1, -0.05) is 31.2 Å². The van der Waals surface area contributed by atoms with E-state index in [4.69, 9.17) is 4.74 Å². The molecule has 2 aliphatic heterocycles. The minimum absolute atomic E-state index is 0.0848. The van der Waals surface area contributed by atoms with Crippen LogP contribution in [0, 0.1) is 5.92 Å². The van der Waals surface area contributed by atoms with Gasteiger partial charge in [0, 0.05) is 18.7 Å². The monoisotopic (exact) mass is 454 g/mol. The van der Waals surface area contributed by atoms with Gasteiger partial charge in [-0.2, -0.15) is 0 Å². The van der Waals surface area contributed by atoms with Crippen LogP contribution in [0.2, 0.25) is 0 Å². The molecule has 3 amide bonds. The van der Waals surface area contributed by atoms with Crippen molar-refractivity contribution in [2.24, 2.45) is 5.92 Å². The van der Waals surface area contributed by atoms with E-state index in [1.165, 1.54) is 17.7 Å². The Balaban J connectivity index is 1.25. The van der Waals surface area contributed by atoms with Crippen molar-refractivity contribution in [3.8, 4) is 5.75 Å². The maximum absolute atomic E-state index is 12.7. The minimum atomic E-state index is -0.575. The van der Waals surface area contributed by atoms with Gasteiger partial charge in [0.05, 0.1) is 22.7 Å². The Kier molecular flexibility index (Phi) is 5.45. The molecule has 0 radical (unpaired) electrons. The Morgan fingerprint density at radius 2 is 1.44 bits per heavy atom. The number of nitrogens with zero attached hydrogens (tertiary/aromatic N) is 2. The Morgan fingerprint density at radius 1 is 0.853 bits per heavy atom. The van der Waals surface area contributed by atoms with Crippen molar-refractivity contribution in [1.29, 1.82) is 0 Å². The standard InChI is InChI=1S/C27H22N2O5/c1-2-17-7-9-19(10-8-17)28-16-18(15-24(28)30)27(33)34-21-13-11-20(12-14-21)29-25(31)22-5-3-4-6-23(22)26(29)32/h3-14,18H,2,15-16H2,1H3/t18-/m1/s1. The predicted molar refractivity (Wildman–Crippen MR) is 126 cm³/mol. The second kappa shape index (κ2) is 8.59. The second-order valence-electron chi connectivity index (χ2n) is 8.33. The highest BCUT2D eigenvalue weighted by Gasteiger charge is 2.37. The van der Waals surface area contributed by atoms with Crippen molar-refractivity contribution in [1.82, 2.24) is 0 Å². The summed E-state index contributed by atoms with van der Waals surface area (Å²) in [5, 5.41) is 0. The largest absolute Gasteiger partial charge is 0.426 e. The van der Waals surface area contributed by atoms with Crippen molar-refractivity contribution in [2.75, 3.05) is 16.3 Å². The molecule has 1 atom stereocenters. The number of amides is 3. The molecule has 0 saturated carbocycles. The third kappa shape index (κ3) is 3.75. The highest BCUT2D eigenvalue weighted by atomic mass is 16.5. The lowest BCUT2D eigenvalue weighted by molar-refractivity contribution is -0.139. The van der Waals surface area contributed by atoms with Crippen molar-refractivity contribution in [2.45, 2.75) is 19.8 Å². The fourth-order valence-corrected chi connectivity index (χ4v) is 4.31. The van der Waals surface area contributed by atoms with E-state index in [2.05, 4.69) is 6.92 Å². The highest BCUT2D eigenvalue weighted by molar-refractivity contribution is 6.34. The van der Waals surface area contributed by atoms with Crippen LogP contribution in [-0.4, -0.2) is 30.2 Å². The first-order valence-electron chi connectivity index (χ1n) is 11.1. The molecule has 170 valence electrons. The van der Waals surface area contributed by atoms with E-state index >= 15 is 0 Å². The zero-order valence-electron chi connectivity index (χ0n) is 18.6. The highest BCUT2D eigenvalue weighted by Crippen LogP contribution is 2.30. The van der Waals surface area contributed by atoms with Gasteiger partial charge in [-0.05, 0) is 60.5 Å². The molecule has 0 aromatic heterocycles. The molecule has 2 aliphatic rings. The third-order valence-electron chi connectivity index (χ3n) is 6.22. The summed E-state index contributed by atoms with van der Waals surface area (Å²) in [6.07, 6.45) is 0.996. The number of benzene rings is 3. The maximum atomic E-state index is 12.7. The third-order valence-corrected chi connectivity index (χ3v) is 6.22. The zero-order chi connectivity index (χ0) is 23.8. The average molecular weight is 454 g/mol. The van der Waals surface area contributed by atoms with Gasteiger partial charge in [0.15, 0.2) is 0 Å². The number of esters is 1. The minimum Gasteiger partial charge on any atom is -0.426 e. The van der Waals surface area contributed by atoms with Crippen molar-refractivity contribution in [3.63, 3.8) is 0 Å². The summed E-state index contributed by atoms with van der Waals surface area (Å²) in [5.74, 6) is -1.68. The molecule has 2 heterocycles. The molecule has 1 saturated heterocycles. The number of hydrogen-bond donors (Lipinski definition) is 0. The summed E-state index contributed by atoms with van der Waals surface area (Å²) < 4.78 is 5.49. The van der Waals surface area contributed by atoms with Gasteiger partial charge in [0.2, 0.25) is 5.91 Å². The van der Waals surface area contributed by atoms with Crippen LogP contribution in [0.5, 0.6) is 5.75 Å². The van der Waals surface area contributed by atoms with Crippen LogP contribution in [0.4, 0.5) is 11.4 Å². The summed E-state index contributed by atoms with van der Waals surface area (Å²) in [6, 6.07) is 20.6.